The van der Waals surface area contributed by atoms with Gasteiger partial charge in [0, 0.05) is 18.9 Å². The molecule has 1 unspecified atom stereocenters. The van der Waals surface area contributed by atoms with Crippen molar-refractivity contribution >= 4 is 11.6 Å². The molecule has 5 nitrogen and oxygen atoms in total. The second-order valence-corrected chi connectivity index (χ2v) is 7.18. The minimum absolute atomic E-state index is 0.0935. The quantitative estimate of drug-likeness (QED) is 0.601. The molecule has 0 aliphatic carbocycles. The monoisotopic (exact) mass is 400 g/mol. The first-order valence-electron chi connectivity index (χ1n) is 9.85. The summed E-state index contributed by atoms with van der Waals surface area (Å²) in [5.41, 5.74) is 4.99. The standard InChI is InChI=1S/C25H24N2O3/c1-17(28)27-24(20-11-9-19(10-12-20)18-7-5-4-6-8-18)16-23(26-27)22-15-21(29-2)13-14-25(22)30-3/h4-15,24H,16H2,1-3H3. The van der Waals surface area contributed by atoms with E-state index in [1.54, 1.807) is 26.2 Å². The number of carbonyl (C=O) groups is 1. The van der Waals surface area contributed by atoms with Gasteiger partial charge in [-0.05, 0) is 34.9 Å². The Bertz CT molecular complexity index is 1080. The fourth-order valence-corrected chi connectivity index (χ4v) is 3.79. The van der Waals surface area contributed by atoms with E-state index in [-0.39, 0.29) is 11.9 Å². The molecule has 0 spiro atoms. The summed E-state index contributed by atoms with van der Waals surface area (Å²) < 4.78 is 10.9. The average Bonchev–Trinajstić information content (AvgIpc) is 3.25. The van der Waals surface area contributed by atoms with Gasteiger partial charge >= 0.3 is 0 Å². The molecule has 30 heavy (non-hydrogen) atoms. The molecule has 0 saturated heterocycles. The SMILES string of the molecule is COc1ccc(OC)c(C2=NN(C(C)=O)C(c3ccc(-c4ccccc4)cc3)C2)c1. The molecule has 1 atom stereocenters. The van der Waals surface area contributed by atoms with Gasteiger partial charge in [-0.25, -0.2) is 5.01 Å². The predicted molar refractivity (Wildman–Crippen MR) is 118 cm³/mol. The summed E-state index contributed by atoms with van der Waals surface area (Å²) >= 11 is 0. The summed E-state index contributed by atoms with van der Waals surface area (Å²) in [6.45, 7) is 1.54. The van der Waals surface area contributed by atoms with Gasteiger partial charge in [0.25, 0.3) is 0 Å². The van der Waals surface area contributed by atoms with Crippen LogP contribution in [0.5, 0.6) is 11.5 Å². The van der Waals surface area contributed by atoms with Crippen molar-refractivity contribution in [2.75, 3.05) is 14.2 Å². The van der Waals surface area contributed by atoms with E-state index in [1.165, 1.54) is 0 Å². The van der Waals surface area contributed by atoms with Crippen LogP contribution in [0, 0.1) is 0 Å². The highest BCUT2D eigenvalue weighted by Crippen LogP contribution is 2.36. The van der Waals surface area contributed by atoms with Gasteiger partial charge in [0.1, 0.15) is 11.5 Å². The molecule has 0 fully saturated rings. The number of hydrogen-bond acceptors (Lipinski definition) is 4. The highest BCUT2D eigenvalue weighted by atomic mass is 16.5. The molecule has 3 aromatic rings. The number of hydrogen-bond donors (Lipinski definition) is 0. The Balaban J connectivity index is 1.65. The van der Waals surface area contributed by atoms with Crippen LogP contribution < -0.4 is 9.47 Å². The number of benzene rings is 3. The Kier molecular flexibility index (Phi) is 5.53. The Morgan fingerprint density at radius 1 is 0.933 bits per heavy atom. The molecular formula is C25H24N2O3. The third-order valence-corrected chi connectivity index (χ3v) is 5.35. The molecule has 1 amide bonds. The fraction of sp³-hybridized carbons (Fsp3) is 0.200. The first-order valence-corrected chi connectivity index (χ1v) is 9.85. The average molecular weight is 400 g/mol. The maximum Gasteiger partial charge on any atom is 0.240 e. The summed E-state index contributed by atoms with van der Waals surface area (Å²) in [5, 5.41) is 6.21. The zero-order valence-electron chi connectivity index (χ0n) is 17.3. The van der Waals surface area contributed by atoms with Crippen LogP contribution in [-0.2, 0) is 4.79 Å². The van der Waals surface area contributed by atoms with Gasteiger partial charge in [-0.2, -0.15) is 5.10 Å². The van der Waals surface area contributed by atoms with Gasteiger partial charge in [-0.15, -0.1) is 0 Å². The minimum atomic E-state index is -0.154. The van der Waals surface area contributed by atoms with E-state index in [0.29, 0.717) is 12.2 Å². The van der Waals surface area contributed by atoms with E-state index in [0.717, 1.165) is 33.7 Å². The van der Waals surface area contributed by atoms with E-state index in [1.807, 2.05) is 36.4 Å². The molecule has 0 radical (unpaired) electrons. The number of nitrogens with zero attached hydrogens (tertiary/aromatic N) is 2. The van der Waals surface area contributed by atoms with Gasteiger partial charge in [-0.1, -0.05) is 54.6 Å². The molecule has 0 N–H and O–H groups in total. The second-order valence-electron chi connectivity index (χ2n) is 7.18. The molecule has 1 aliphatic rings. The summed E-state index contributed by atoms with van der Waals surface area (Å²) in [6.07, 6.45) is 0.605. The Morgan fingerprint density at radius 3 is 2.27 bits per heavy atom. The zero-order chi connectivity index (χ0) is 21.1. The van der Waals surface area contributed by atoms with Crippen molar-refractivity contribution < 1.29 is 14.3 Å². The van der Waals surface area contributed by atoms with Crippen molar-refractivity contribution in [3.63, 3.8) is 0 Å². The molecule has 1 heterocycles. The van der Waals surface area contributed by atoms with Gasteiger partial charge in [-0.3, -0.25) is 4.79 Å². The molecule has 3 aromatic carbocycles. The van der Waals surface area contributed by atoms with Crippen LogP contribution in [0.1, 0.15) is 30.5 Å². The van der Waals surface area contributed by atoms with Crippen molar-refractivity contribution in [3.05, 3.63) is 83.9 Å². The second kappa shape index (κ2) is 8.41. The van der Waals surface area contributed by atoms with E-state index < -0.39 is 0 Å². The maximum atomic E-state index is 12.3. The third-order valence-electron chi connectivity index (χ3n) is 5.35. The Morgan fingerprint density at radius 2 is 1.63 bits per heavy atom. The van der Waals surface area contributed by atoms with Crippen molar-refractivity contribution in [1.82, 2.24) is 5.01 Å². The first kappa shape index (κ1) is 19.7. The Hall–Kier alpha value is -3.60. The van der Waals surface area contributed by atoms with Crippen LogP contribution in [0.3, 0.4) is 0 Å². The van der Waals surface area contributed by atoms with Gasteiger partial charge in [0.15, 0.2) is 0 Å². The summed E-state index contributed by atoms with van der Waals surface area (Å²) in [7, 11) is 3.25. The van der Waals surface area contributed by atoms with Gasteiger partial charge < -0.3 is 9.47 Å². The van der Waals surface area contributed by atoms with Crippen molar-refractivity contribution in [1.29, 1.82) is 0 Å². The summed E-state index contributed by atoms with van der Waals surface area (Å²) in [6, 6.07) is 24.0. The maximum absolute atomic E-state index is 12.3. The highest BCUT2D eigenvalue weighted by Gasteiger charge is 2.32. The number of ether oxygens (including phenoxy) is 2. The molecule has 0 aromatic heterocycles. The zero-order valence-corrected chi connectivity index (χ0v) is 17.3. The lowest BCUT2D eigenvalue weighted by Gasteiger charge is -2.20. The van der Waals surface area contributed by atoms with Crippen LogP contribution >= 0.6 is 0 Å². The molecule has 5 heteroatoms. The van der Waals surface area contributed by atoms with Crippen LogP contribution in [0.15, 0.2) is 77.9 Å². The third kappa shape index (κ3) is 3.79. The lowest BCUT2D eigenvalue weighted by atomic mass is 9.96. The molecule has 0 saturated carbocycles. The largest absolute Gasteiger partial charge is 0.497 e. The molecule has 152 valence electrons. The molecule has 1 aliphatic heterocycles. The lowest BCUT2D eigenvalue weighted by molar-refractivity contribution is -0.130. The van der Waals surface area contributed by atoms with Crippen LogP contribution in [0.4, 0.5) is 0 Å². The Labute approximate surface area is 176 Å². The fourth-order valence-electron chi connectivity index (χ4n) is 3.79. The van der Waals surface area contributed by atoms with Crippen molar-refractivity contribution in [2.24, 2.45) is 5.10 Å². The molecule has 4 rings (SSSR count). The number of methoxy groups -OCH3 is 2. The van der Waals surface area contributed by atoms with Gasteiger partial charge in [0.05, 0.1) is 26.0 Å². The van der Waals surface area contributed by atoms with Gasteiger partial charge in [0.2, 0.25) is 5.91 Å². The van der Waals surface area contributed by atoms with E-state index in [9.17, 15) is 4.79 Å². The van der Waals surface area contributed by atoms with E-state index in [2.05, 4.69) is 41.5 Å². The van der Waals surface area contributed by atoms with E-state index in [4.69, 9.17) is 9.47 Å². The van der Waals surface area contributed by atoms with Crippen molar-refractivity contribution in [2.45, 2.75) is 19.4 Å². The van der Waals surface area contributed by atoms with E-state index >= 15 is 0 Å². The number of rotatable bonds is 5. The van der Waals surface area contributed by atoms with Crippen LogP contribution in [0.2, 0.25) is 0 Å². The highest BCUT2D eigenvalue weighted by molar-refractivity contribution is 6.05. The normalized spacial score (nSPS) is 15.6. The number of amides is 1. The summed E-state index contributed by atoms with van der Waals surface area (Å²) in [5.74, 6) is 1.33. The van der Waals surface area contributed by atoms with Crippen LogP contribution in [0.25, 0.3) is 11.1 Å². The first-order chi connectivity index (χ1) is 14.6. The molecular weight excluding hydrogens is 376 g/mol. The minimum Gasteiger partial charge on any atom is -0.497 e. The predicted octanol–water partition coefficient (Wildman–Crippen LogP) is 5.07. The van der Waals surface area contributed by atoms with Crippen LogP contribution in [-0.4, -0.2) is 30.8 Å². The molecule has 0 bridgehead atoms. The van der Waals surface area contributed by atoms with Crippen molar-refractivity contribution in [3.8, 4) is 22.6 Å². The topological polar surface area (TPSA) is 51.1 Å². The summed E-state index contributed by atoms with van der Waals surface area (Å²) in [4.78, 5) is 12.3. The number of hydrazone groups is 1. The smallest absolute Gasteiger partial charge is 0.240 e. The number of carbonyl (C=O) groups excluding carboxylic acids is 1. The lowest BCUT2D eigenvalue weighted by Crippen LogP contribution is -2.24.